The number of aliphatic imine (C=N–C) groups is 1. The number of benzene rings is 1. The SMILES string of the molecule is CC[C@@H]1CSC2=N[C@H](c3ccccn3)[C@@H](c3ccc(O)c(Br)c3)N21. The van der Waals surface area contributed by atoms with E-state index in [1.54, 1.807) is 6.07 Å². The number of hydrogen-bond acceptors (Lipinski definition) is 5. The zero-order chi connectivity index (χ0) is 16.7. The van der Waals surface area contributed by atoms with Gasteiger partial charge in [0.1, 0.15) is 11.8 Å². The van der Waals surface area contributed by atoms with Gasteiger partial charge in [0.15, 0.2) is 5.17 Å². The highest BCUT2D eigenvalue weighted by atomic mass is 79.9. The van der Waals surface area contributed by atoms with Crippen LogP contribution < -0.4 is 0 Å². The van der Waals surface area contributed by atoms with Crippen molar-refractivity contribution >= 4 is 32.9 Å². The van der Waals surface area contributed by atoms with Gasteiger partial charge in [-0.3, -0.25) is 9.98 Å². The fourth-order valence-electron chi connectivity index (χ4n) is 3.42. The summed E-state index contributed by atoms with van der Waals surface area (Å²) < 4.78 is 0.716. The van der Waals surface area contributed by atoms with E-state index in [2.05, 4.69) is 32.7 Å². The van der Waals surface area contributed by atoms with Gasteiger partial charge in [-0.25, -0.2) is 0 Å². The third-order valence-corrected chi connectivity index (χ3v) is 6.40. The quantitative estimate of drug-likeness (QED) is 0.817. The molecule has 1 aromatic carbocycles. The number of rotatable bonds is 3. The predicted molar refractivity (Wildman–Crippen MR) is 101 cm³/mol. The average molecular weight is 404 g/mol. The van der Waals surface area contributed by atoms with Crippen molar-refractivity contribution in [3.8, 4) is 5.75 Å². The maximum atomic E-state index is 9.85. The molecule has 0 spiro atoms. The van der Waals surface area contributed by atoms with Gasteiger partial charge in [-0.2, -0.15) is 0 Å². The summed E-state index contributed by atoms with van der Waals surface area (Å²) in [6.07, 6.45) is 2.92. The van der Waals surface area contributed by atoms with Gasteiger partial charge in [-0.1, -0.05) is 30.8 Å². The number of amidine groups is 1. The van der Waals surface area contributed by atoms with Crippen LogP contribution in [0.25, 0.3) is 0 Å². The molecule has 2 aliphatic heterocycles. The van der Waals surface area contributed by atoms with Crippen LogP contribution in [0, 0.1) is 0 Å². The molecular weight excluding hydrogens is 386 g/mol. The summed E-state index contributed by atoms with van der Waals surface area (Å²) in [5.74, 6) is 1.34. The number of aromatic nitrogens is 1. The van der Waals surface area contributed by atoms with Crippen LogP contribution in [0.3, 0.4) is 0 Å². The number of aromatic hydroxyl groups is 1. The molecule has 1 N–H and O–H groups in total. The Bertz CT molecular complexity index is 783. The van der Waals surface area contributed by atoms with E-state index in [4.69, 9.17) is 4.99 Å². The maximum absolute atomic E-state index is 9.85. The van der Waals surface area contributed by atoms with Gasteiger partial charge in [0.25, 0.3) is 0 Å². The normalized spacial score (nSPS) is 25.7. The second kappa shape index (κ2) is 6.41. The average Bonchev–Trinajstić information content (AvgIpc) is 3.17. The van der Waals surface area contributed by atoms with Crippen LogP contribution in [-0.4, -0.2) is 32.0 Å². The van der Waals surface area contributed by atoms with E-state index in [-0.39, 0.29) is 17.8 Å². The van der Waals surface area contributed by atoms with E-state index in [1.807, 2.05) is 48.3 Å². The maximum Gasteiger partial charge on any atom is 0.160 e. The summed E-state index contributed by atoms with van der Waals surface area (Å²) >= 11 is 5.28. The van der Waals surface area contributed by atoms with Gasteiger partial charge in [-0.15, -0.1) is 0 Å². The molecule has 4 nitrogen and oxygen atoms in total. The molecule has 0 saturated carbocycles. The molecule has 0 bridgehead atoms. The van der Waals surface area contributed by atoms with E-state index in [1.165, 1.54) is 0 Å². The first kappa shape index (κ1) is 16.0. The van der Waals surface area contributed by atoms with Gasteiger partial charge in [0.05, 0.1) is 16.2 Å². The lowest BCUT2D eigenvalue weighted by Gasteiger charge is -2.32. The minimum atomic E-state index is -0.0144. The molecule has 0 amide bonds. The topological polar surface area (TPSA) is 48.7 Å². The molecular formula is C18H18BrN3OS. The van der Waals surface area contributed by atoms with Crippen LogP contribution >= 0.6 is 27.7 Å². The Balaban J connectivity index is 1.80. The number of hydrogen-bond donors (Lipinski definition) is 1. The van der Waals surface area contributed by atoms with Crippen molar-refractivity contribution in [3.63, 3.8) is 0 Å². The molecule has 3 heterocycles. The van der Waals surface area contributed by atoms with Crippen LogP contribution in [0.1, 0.15) is 36.7 Å². The second-order valence-electron chi connectivity index (χ2n) is 6.05. The third-order valence-electron chi connectivity index (χ3n) is 4.64. The Morgan fingerprint density at radius 2 is 2.21 bits per heavy atom. The molecule has 2 aromatic rings. The van der Waals surface area contributed by atoms with Crippen LogP contribution in [0.15, 0.2) is 52.1 Å². The first-order chi connectivity index (χ1) is 11.7. The molecule has 1 aromatic heterocycles. The Hall–Kier alpha value is -1.53. The Kier molecular flexibility index (Phi) is 4.26. The Labute approximate surface area is 154 Å². The first-order valence-corrected chi connectivity index (χ1v) is 9.85. The van der Waals surface area contributed by atoms with Crippen molar-refractivity contribution in [2.75, 3.05) is 5.75 Å². The predicted octanol–water partition coefficient (Wildman–Crippen LogP) is 4.53. The number of fused-ring (bicyclic) bond motifs is 1. The van der Waals surface area contributed by atoms with Crippen LogP contribution in [0.2, 0.25) is 0 Å². The van der Waals surface area contributed by atoms with Crippen LogP contribution in [0.4, 0.5) is 0 Å². The van der Waals surface area contributed by atoms with E-state index in [9.17, 15) is 5.11 Å². The number of phenolic OH excluding ortho intramolecular Hbond substituents is 1. The lowest BCUT2D eigenvalue weighted by atomic mass is 9.95. The lowest BCUT2D eigenvalue weighted by Crippen LogP contribution is -2.35. The van der Waals surface area contributed by atoms with Crippen molar-refractivity contribution in [2.45, 2.75) is 31.5 Å². The molecule has 24 heavy (non-hydrogen) atoms. The van der Waals surface area contributed by atoms with Crippen LogP contribution in [-0.2, 0) is 0 Å². The van der Waals surface area contributed by atoms with Gasteiger partial charge in [0, 0.05) is 18.0 Å². The third kappa shape index (κ3) is 2.62. The lowest BCUT2D eigenvalue weighted by molar-refractivity contribution is 0.255. The van der Waals surface area contributed by atoms with E-state index in [0.717, 1.165) is 28.6 Å². The van der Waals surface area contributed by atoms with Gasteiger partial charge in [0.2, 0.25) is 0 Å². The minimum Gasteiger partial charge on any atom is -0.507 e. The summed E-state index contributed by atoms with van der Waals surface area (Å²) in [6.45, 7) is 2.23. The molecule has 0 radical (unpaired) electrons. The summed E-state index contributed by atoms with van der Waals surface area (Å²) in [6, 6.07) is 12.3. The summed E-state index contributed by atoms with van der Waals surface area (Å²) in [7, 11) is 0. The van der Waals surface area contributed by atoms with E-state index in [0.29, 0.717) is 10.5 Å². The monoisotopic (exact) mass is 403 g/mol. The highest BCUT2D eigenvalue weighted by molar-refractivity contribution is 9.10. The van der Waals surface area contributed by atoms with E-state index >= 15 is 0 Å². The second-order valence-corrected chi connectivity index (χ2v) is 7.89. The zero-order valence-corrected chi connectivity index (χ0v) is 15.7. The van der Waals surface area contributed by atoms with Crippen molar-refractivity contribution in [3.05, 3.63) is 58.3 Å². The summed E-state index contributed by atoms with van der Waals surface area (Å²) in [5, 5.41) is 11.0. The van der Waals surface area contributed by atoms with Gasteiger partial charge >= 0.3 is 0 Å². The number of pyridine rings is 1. The highest BCUT2D eigenvalue weighted by Crippen LogP contribution is 2.49. The Morgan fingerprint density at radius 1 is 1.33 bits per heavy atom. The number of halogens is 1. The molecule has 1 saturated heterocycles. The van der Waals surface area contributed by atoms with Crippen LogP contribution in [0.5, 0.6) is 5.75 Å². The summed E-state index contributed by atoms with van der Waals surface area (Å²) in [5.41, 5.74) is 2.14. The van der Waals surface area contributed by atoms with Crippen molar-refractivity contribution in [1.29, 1.82) is 0 Å². The Morgan fingerprint density at radius 3 is 2.92 bits per heavy atom. The standard InChI is InChI=1S/C18H18BrN3OS/c1-2-12-10-24-18-21-16(14-5-3-4-8-20-14)17(22(12)18)11-6-7-15(23)13(19)9-11/h3-9,12,16-17,23H,2,10H2,1H3/t12-,16-,17-/m1/s1. The number of nitrogens with zero attached hydrogens (tertiary/aromatic N) is 3. The molecule has 1 fully saturated rings. The molecule has 0 aliphatic carbocycles. The van der Waals surface area contributed by atoms with Crippen molar-refractivity contribution < 1.29 is 5.11 Å². The minimum absolute atomic E-state index is 0.0144. The molecule has 0 unspecified atom stereocenters. The van der Waals surface area contributed by atoms with E-state index < -0.39 is 0 Å². The molecule has 124 valence electrons. The van der Waals surface area contributed by atoms with Gasteiger partial charge in [-0.05, 0) is 52.2 Å². The zero-order valence-electron chi connectivity index (χ0n) is 13.3. The fraction of sp³-hybridized carbons (Fsp3) is 0.333. The number of phenols is 1. The first-order valence-electron chi connectivity index (χ1n) is 8.07. The fourth-order valence-corrected chi connectivity index (χ4v) is 5.15. The molecule has 6 heteroatoms. The number of thioether (sulfide) groups is 1. The van der Waals surface area contributed by atoms with Crippen molar-refractivity contribution in [1.82, 2.24) is 9.88 Å². The molecule has 3 atom stereocenters. The van der Waals surface area contributed by atoms with Crippen molar-refractivity contribution in [2.24, 2.45) is 4.99 Å². The molecule has 2 aliphatic rings. The summed E-state index contributed by atoms with van der Waals surface area (Å²) in [4.78, 5) is 12.0. The smallest absolute Gasteiger partial charge is 0.160 e. The van der Waals surface area contributed by atoms with Gasteiger partial charge < -0.3 is 10.0 Å². The molecule has 4 rings (SSSR count). The largest absolute Gasteiger partial charge is 0.507 e. The highest BCUT2D eigenvalue weighted by Gasteiger charge is 2.45.